The minimum absolute atomic E-state index is 0.338. The molecule has 1 N–H and O–H groups in total. The van der Waals surface area contributed by atoms with Crippen molar-refractivity contribution < 1.29 is 0 Å². The normalized spacial score (nSPS) is 12.3. The number of nitrogens with one attached hydrogen (secondary N) is 1. The molecule has 0 saturated heterocycles. The Hall–Kier alpha value is -2.46. The van der Waals surface area contributed by atoms with Gasteiger partial charge in [0.25, 0.3) is 0 Å². The molecule has 0 aliphatic rings. The van der Waals surface area contributed by atoms with E-state index in [1.165, 1.54) is 22.3 Å². The molecule has 0 aliphatic carbocycles. The van der Waals surface area contributed by atoms with Crippen LogP contribution in [0.3, 0.4) is 0 Å². The third-order valence-electron chi connectivity index (χ3n) is 4.02. The fourth-order valence-corrected chi connectivity index (χ4v) is 2.51. The average molecular weight is 306 g/mol. The maximum absolute atomic E-state index is 4.13. The van der Waals surface area contributed by atoms with E-state index in [2.05, 4.69) is 77.8 Å². The highest BCUT2D eigenvalue weighted by atomic mass is 15.3. The Morgan fingerprint density at radius 3 is 2.35 bits per heavy atom. The Bertz CT molecular complexity index is 715. The molecule has 0 fully saturated rings. The highest BCUT2D eigenvalue weighted by Crippen LogP contribution is 2.14. The lowest BCUT2D eigenvalue weighted by atomic mass is 10.1. The van der Waals surface area contributed by atoms with Gasteiger partial charge in [-0.25, -0.2) is 9.67 Å². The van der Waals surface area contributed by atoms with Gasteiger partial charge in [-0.2, -0.15) is 5.10 Å². The lowest BCUT2D eigenvalue weighted by molar-refractivity contribution is 0.574. The summed E-state index contributed by atoms with van der Waals surface area (Å²) in [7, 11) is 0. The van der Waals surface area contributed by atoms with Gasteiger partial charge in [-0.15, -0.1) is 0 Å². The first-order valence-corrected chi connectivity index (χ1v) is 7.91. The maximum atomic E-state index is 4.13. The highest BCUT2D eigenvalue weighted by molar-refractivity contribution is 5.25. The first kappa shape index (κ1) is 15.4. The van der Waals surface area contributed by atoms with Gasteiger partial charge in [0.2, 0.25) is 0 Å². The summed E-state index contributed by atoms with van der Waals surface area (Å²) in [5, 5.41) is 7.70. The zero-order valence-electron chi connectivity index (χ0n) is 13.6. The van der Waals surface area contributed by atoms with Gasteiger partial charge >= 0.3 is 0 Å². The second kappa shape index (κ2) is 7.20. The van der Waals surface area contributed by atoms with Crippen LogP contribution in [0, 0.1) is 6.92 Å². The fraction of sp³-hybridized carbons (Fsp3) is 0.263. The Kier molecular flexibility index (Phi) is 4.83. The molecular weight excluding hydrogens is 284 g/mol. The van der Waals surface area contributed by atoms with Crippen LogP contribution in [0.15, 0.2) is 61.2 Å². The van der Waals surface area contributed by atoms with Crippen LogP contribution in [-0.2, 0) is 13.1 Å². The second-order valence-electron chi connectivity index (χ2n) is 5.92. The van der Waals surface area contributed by atoms with Gasteiger partial charge in [0.05, 0.1) is 6.54 Å². The van der Waals surface area contributed by atoms with Gasteiger partial charge in [0, 0.05) is 12.6 Å². The molecule has 1 atom stereocenters. The zero-order valence-corrected chi connectivity index (χ0v) is 13.6. The molecule has 0 saturated carbocycles. The van der Waals surface area contributed by atoms with Crippen molar-refractivity contribution >= 4 is 0 Å². The van der Waals surface area contributed by atoms with Crippen molar-refractivity contribution in [2.75, 3.05) is 0 Å². The van der Waals surface area contributed by atoms with E-state index >= 15 is 0 Å². The van der Waals surface area contributed by atoms with Crippen molar-refractivity contribution in [3.63, 3.8) is 0 Å². The van der Waals surface area contributed by atoms with Crippen LogP contribution in [0.2, 0.25) is 0 Å². The summed E-state index contributed by atoms with van der Waals surface area (Å²) in [6, 6.07) is 17.7. The second-order valence-corrected chi connectivity index (χ2v) is 5.92. The summed E-state index contributed by atoms with van der Waals surface area (Å²) in [6.45, 7) is 5.93. The van der Waals surface area contributed by atoms with E-state index in [1.807, 2.05) is 4.68 Å². The van der Waals surface area contributed by atoms with Gasteiger partial charge in [0.15, 0.2) is 0 Å². The molecule has 3 rings (SSSR count). The van der Waals surface area contributed by atoms with Crippen molar-refractivity contribution in [1.29, 1.82) is 0 Å². The first-order valence-electron chi connectivity index (χ1n) is 7.91. The molecule has 0 aliphatic heterocycles. The monoisotopic (exact) mass is 306 g/mol. The molecule has 2 aromatic carbocycles. The summed E-state index contributed by atoms with van der Waals surface area (Å²) in [5.41, 5.74) is 5.12. The van der Waals surface area contributed by atoms with E-state index in [0.717, 1.165) is 13.1 Å². The Labute approximate surface area is 137 Å². The van der Waals surface area contributed by atoms with Gasteiger partial charge < -0.3 is 5.32 Å². The van der Waals surface area contributed by atoms with Gasteiger partial charge in [-0.3, -0.25) is 0 Å². The number of rotatable bonds is 6. The van der Waals surface area contributed by atoms with Crippen molar-refractivity contribution in [2.45, 2.75) is 33.0 Å². The van der Waals surface area contributed by atoms with Crippen molar-refractivity contribution in [3.05, 3.63) is 83.4 Å². The summed E-state index contributed by atoms with van der Waals surface area (Å²) >= 11 is 0. The van der Waals surface area contributed by atoms with Crippen LogP contribution >= 0.6 is 0 Å². The molecule has 0 radical (unpaired) electrons. The molecule has 1 heterocycles. The molecule has 1 aromatic heterocycles. The van der Waals surface area contributed by atoms with Crippen LogP contribution in [0.4, 0.5) is 0 Å². The van der Waals surface area contributed by atoms with Gasteiger partial charge in [-0.05, 0) is 30.5 Å². The minimum Gasteiger partial charge on any atom is -0.306 e. The minimum atomic E-state index is 0.338. The largest absolute Gasteiger partial charge is 0.306 e. The van der Waals surface area contributed by atoms with Gasteiger partial charge in [-0.1, -0.05) is 54.1 Å². The van der Waals surface area contributed by atoms with E-state index in [0.29, 0.717) is 6.04 Å². The molecule has 0 bridgehead atoms. The number of aryl methyl sites for hydroxylation is 1. The highest BCUT2D eigenvalue weighted by Gasteiger charge is 2.04. The predicted octanol–water partition coefficient (Wildman–Crippen LogP) is 3.49. The molecular formula is C19H22N4. The molecule has 4 nitrogen and oxygen atoms in total. The van der Waals surface area contributed by atoms with Crippen LogP contribution < -0.4 is 5.32 Å². The van der Waals surface area contributed by atoms with E-state index in [4.69, 9.17) is 0 Å². The van der Waals surface area contributed by atoms with Crippen molar-refractivity contribution in [2.24, 2.45) is 0 Å². The zero-order chi connectivity index (χ0) is 16.1. The average Bonchev–Trinajstić information content (AvgIpc) is 3.07. The molecule has 118 valence electrons. The van der Waals surface area contributed by atoms with Gasteiger partial charge in [0.1, 0.15) is 12.7 Å². The number of hydrogen-bond acceptors (Lipinski definition) is 3. The summed E-state index contributed by atoms with van der Waals surface area (Å²) in [5.74, 6) is 0. The third kappa shape index (κ3) is 4.27. The third-order valence-corrected chi connectivity index (χ3v) is 4.02. The van der Waals surface area contributed by atoms with E-state index in [-0.39, 0.29) is 0 Å². The van der Waals surface area contributed by atoms with E-state index in [9.17, 15) is 0 Å². The molecule has 23 heavy (non-hydrogen) atoms. The standard InChI is InChI=1S/C19H22N4/c1-15-3-9-19(10-4-15)16(2)21-11-17-5-7-18(8-6-17)12-23-14-20-13-22-23/h3-10,13-14,16,21H,11-12H2,1-2H3. The molecule has 0 amide bonds. The molecule has 3 aromatic rings. The van der Waals surface area contributed by atoms with Crippen molar-refractivity contribution in [1.82, 2.24) is 20.1 Å². The van der Waals surface area contributed by atoms with Crippen LogP contribution in [-0.4, -0.2) is 14.8 Å². The number of aromatic nitrogens is 3. The SMILES string of the molecule is Cc1ccc(C(C)NCc2ccc(Cn3cncn3)cc2)cc1. The van der Waals surface area contributed by atoms with Crippen molar-refractivity contribution in [3.8, 4) is 0 Å². The van der Waals surface area contributed by atoms with Crippen LogP contribution in [0.1, 0.15) is 35.2 Å². The first-order chi connectivity index (χ1) is 11.2. The van der Waals surface area contributed by atoms with E-state index in [1.54, 1.807) is 12.7 Å². The summed E-state index contributed by atoms with van der Waals surface area (Å²) < 4.78 is 1.83. The van der Waals surface area contributed by atoms with E-state index < -0.39 is 0 Å². The van der Waals surface area contributed by atoms with Crippen LogP contribution in [0.5, 0.6) is 0 Å². The smallest absolute Gasteiger partial charge is 0.137 e. The predicted molar refractivity (Wildman–Crippen MR) is 92.0 cm³/mol. The Morgan fingerprint density at radius 1 is 1.00 bits per heavy atom. The topological polar surface area (TPSA) is 42.7 Å². The summed E-state index contributed by atoms with van der Waals surface area (Å²) in [4.78, 5) is 3.96. The molecule has 4 heteroatoms. The molecule has 0 spiro atoms. The van der Waals surface area contributed by atoms with Crippen LogP contribution in [0.25, 0.3) is 0 Å². The lowest BCUT2D eigenvalue weighted by Gasteiger charge is -2.15. The number of benzene rings is 2. The maximum Gasteiger partial charge on any atom is 0.137 e. The quantitative estimate of drug-likeness (QED) is 0.758. The fourth-order valence-electron chi connectivity index (χ4n) is 2.51. The number of hydrogen-bond donors (Lipinski definition) is 1. The Morgan fingerprint density at radius 2 is 1.70 bits per heavy atom. The molecule has 1 unspecified atom stereocenters. The lowest BCUT2D eigenvalue weighted by Crippen LogP contribution is -2.18. The summed E-state index contributed by atoms with van der Waals surface area (Å²) in [6.07, 6.45) is 3.30. The Balaban J connectivity index is 1.54. The number of nitrogens with zero attached hydrogens (tertiary/aromatic N) is 3.